The zero-order valence-electron chi connectivity index (χ0n) is 21.5. The number of sulfonamides is 1. The van der Waals surface area contributed by atoms with Crippen molar-refractivity contribution < 1.29 is 22.4 Å². The Morgan fingerprint density at radius 3 is 2.85 bits per heavy atom. The number of carbonyl (C=O) groups is 2. The van der Waals surface area contributed by atoms with Crippen molar-refractivity contribution in [3.05, 3.63) is 46.6 Å². The fourth-order valence-electron chi connectivity index (χ4n) is 4.81. The topological polar surface area (TPSA) is 131 Å². The lowest BCUT2D eigenvalue weighted by Crippen LogP contribution is -2.57. The monoisotopic (exact) mass is 590 g/mol. The summed E-state index contributed by atoms with van der Waals surface area (Å²) in [6, 6.07) is 7.96. The van der Waals surface area contributed by atoms with E-state index in [0.717, 1.165) is 33.7 Å². The summed E-state index contributed by atoms with van der Waals surface area (Å²) in [6.07, 6.45) is 0.511. The molecule has 2 aromatic heterocycles. The van der Waals surface area contributed by atoms with Crippen LogP contribution in [0.25, 0.3) is 10.1 Å². The number of fused-ring (bicyclic) bond motifs is 2. The van der Waals surface area contributed by atoms with Crippen LogP contribution < -0.4 is 0 Å². The van der Waals surface area contributed by atoms with Crippen LogP contribution in [0.3, 0.4) is 0 Å². The Hall–Kier alpha value is -3.02. The van der Waals surface area contributed by atoms with E-state index in [4.69, 9.17) is 21.3 Å². The highest BCUT2D eigenvalue weighted by Crippen LogP contribution is 2.34. The second-order valence-corrected chi connectivity index (χ2v) is 13.4. The van der Waals surface area contributed by atoms with E-state index >= 15 is 0 Å². The maximum atomic E-state index is 13.6. The van der Waals surface area contributed by atoms with Gasteiger partial charge in [0.15, 0.2) is 0 Å². The maximum absolute atomic E-state index is 13.6. The molecule has 14 heteroatoms. The molecule has 39 heavy (non-hydrogen) atoms. The molecule has 0 aliphatic carbocycles. The van der Waals surface area contributed by atoms with Crippen molar-refractivity contribution in [1.82, 2.24) is 24.0 Å². The van der Waals surface area contributed by atoms with Crippen LogP contribution in [0.5, 0.6) is 0 Å². The lowest BCUT2D eigenvalue weighted by atomic mass is 10.1. The van der Waals surface area contributed by atoms with E-state index in [1.165, 1.54) is 21.2 Å². The van der Waals surface area contributed by atoms with Crippen molar-refractivity contribution in [2.45, 2.75) is 29.6 Å². The number of hydrogen-bond donors (Lipinski definition) is 0. The minimum atomic E-state index is -3.91. The first-order valence-electron chi connectivity index (χ1n) is 12.3. The number of rotatable bonds is 6. The number of nitrogens with zero attached hydrogens (tertiary/aromatic N) is 6. The van der Waals surface area contributed by atoms with Crippen molar-refractivity contribution >= 4 is 54.9 Å². The molecule has 5 rings (SSSR count). The van der Waals surface area contributed by atoms with Crippen molar-refractivity contribution in [2.75, 3.05) is 46.8 Å². The molecule has 3 aromatic rings. The number of aromatic nitrogens is 1. The summed E-state index contributed by atoms with van der Waals surface area (Å²) < 4.78 is 35.3. The van der Waals surface area contributed by atoms with Gasteiger partial charge in [-0.25, -0.2) is 13.4 Å². The molecule has 206 valence electrons. The third-order valence-electron chi connectivity index (χ3n) is 7.01. The second-order valence-electron chi connectivity index (χ2n) is 9.75. The van der Waals surface area contributed by atoms with Crippen LogP contribution in [-0.2, 0) is 27.8 Å². The van der Waals surface area contributed by atoms with Gasteiger partial charge in [-0.2, -0.15) is 9.57 Å². The minimum absolute atomic E-state index is 0.0466. The summed E-state index contributed by atoms with van der Waals surface area (Å²) in [7, 11) is -0.458. The van der Waals surface area contributed by atoms with E-state index in [-0.39, 0.29) is 48.6 Å². The molecule has 11 nitrogen and oxygen atoms in total. The van der Waals surface area contributed by atoms with Gasteiger partial charge in [-0.1, -0.05) is 17.7 Å². The number of likely N-dealkylation sites (N-methyl/N-ethyl adjacent to an activating group) is 1. The Bertz CT molecular complexity index is 1580. The zero-order valence-corrected chi connectivity index (χ0v) is 23.9. The first kappa shape index (κ1) is 27.5. The van der Waals surface area contributed by atoms with Gasteiger partial charge in [0.2, 0.25) is 5.91 Å². The van der Waals surface area contributed by atoms with Gasteiger partial charge in [0, 0.05) is 55.8 Å². The summed E-state index contributed by atoms with van der Waals surface area (Å²) >= 11 is 7.20. The fourth-order valence-corrected chi connectivity index (χ4v) is 8.11. The summed E-state index contributed by atoms with van der Waals surface area (Å²) in [5.74, 6) is -0.278. The molecule has 0 bridgehead atoms. The average Bonchev–Trinajstić information content (AvgIpc) is 3.52. The molecule has 0 spiro atoms. The summed E-state index contributed by atoms with van der Waals surface area (Å²) in [6.45, 7) is 1.25. The molecule has 0 N–H and O–H groups in total. The number of nitriles is 1. The van der Waals surface area contributed by atoms with Crippen molar-refractivity contribution in [2.24, 2.45) is 0 Å². The van der Waals surface area contributed by atoms with Crippen molar-refractivity contribution in [1.29, 1.82) is 5.26 Å². The van der Waals surface area contributed by atoms with E-state index in [1.54, 1.807) is 24.3 Å². The van der Waals surface area contributed by atoms with Crippen molar-refractivity contribution in [3.8, 4) is 6.07 Å². The molecule has 1 aromatic carbocycles. The number of amides is 2. The Balaban J connectivity index is 1.42. The summed E-state index contributed by atoms with van der Waals surface area (Å²) in [5, 5.41) is 10.3. The van der Waals surface area contributed by atoms with Crippen molar-refractivity contribution in [3.63, 3.8) is 0 Å². The van der Waals surface area contributed by atoms with Crippen LogP contribution in [-0.4, -0.2) is 97.1 Å². The molecule has 1 saturated heterocycles. The van der Waals surface area contributed by atoms with Crippen LogP contribution in [0.1, 0.15) is 28.6 Å². The van der Waals surface area contributed by atoms with Gasteiger partial charge in [-0.15, -0.1) is 11.3 Å². The normalized spacial score (nSPS) is 18.6. The smallest absolute Gasteiger partial charge is 0.310 e. The third kappa shape index (κ3) is 5.53. The Morgan fingerprint density at radius 2 is 2.08 bits per heavy atom. The number of hydrogen-bond acceptors (Lipinski definition) is 9. The first-order valence-corrected chi connectivity index (χ1v) is 15.0. The van der Waals surface area contributed by atoms with E-state index in [0.29, 0.717) is 23.7 Å². The molecule has 4 heterocycles. The predicted octanol–water partition coefficient (Wildman–Crippen LogP) is 2.42. The predicted molar refractivity (Wildman–Crippen MR) is 145 cm³/mol. The molecule has 2 aliphatic rings. The minimum Gasteiger partial charge on any atom is -0.436 e. The SMILES string of the molecule is CN1CCc2nc(C(=O)N3CCN(S(=O)(=O)c4cc5ccc(Cl)cc5s4)CC3CC(=O)N(C)CC#N)oc2C1. The molecular weight excluding hydrogens is 564 g/mol. The van der Waals surface area contributed by atoms with E-state index in [9.17, 15) is 18.0 Å². The van der Waals surface area contributed by atoms with Gasteiger partial charge < -0.3 is 14.2 Å². The zero-order chi connectivity index (χ0) is 27.9. The van der Waals surface area contributed by atoms with E-state index < -0.39 is 22.0 Å². The number of halogens is 1. The number of carbonyl (C=O) groups excluding carboxylic acids is 2. The largest absolute Gasteiger partial charge is 0.436 e. The van der Waals surface area contributed by atoms with Gasteiger partial charge in [-0.3, -0.25) is 14.5 Å². The highest BCUT2D eigenvalue weighted by molar-refractivity contribution is 7.91. The van der Waals surface area contributed by atoms with E-state index in [1.807, 2.05) is 13.1 Å². The lowest BCUT2D eigenvalue weighted by Gasteiger charge is -2.40. The molecular formula is C25H27ClN6O5S2. The number of piperazine rings is 1. The Kier molecular flexibility index (Phi) is 7.67. The number of benzene rings is 1. The molecule has 1 unspecified atom stereocenters. The molecule has 0 radical (unpaired) electrons. The Morgan fingerprint density at radius 1 is 1.28 bits per heavy atom. The van der Waals surface area contributed by atoms with Crippen LogP contribution in [0.15, 0.2) is 32.9 Å². The number of thiophene rings is 1. The lowest BCUT2D eigenvalue weighted by molar-refractivity contribution is -0.130. The quantitative estimate of drug-likeness (QED) is 0.400. The maximum Gasteiger partial charge on any atom is 0.310 e. The molecule has 2 aliphatic heterocycles. The Labute approximate surface area is 235 Å². The van der Waals surface area contributed by atoms with Gasteiger partial charge in [0.1, 0.15) is 16.5 Å². The molecule has 2 amide bonds. The second kappa shape index (κ2) is 10.9. The van der Waals surface area contributed by atoms with Gasteiger partial charge in [0.25, 0.3) is 15.9 Å². The molecule has 1 atom stereocenters. The van der Waals surface area contributed by atoms with Gasteiger partial charge in [-0.05, 0) is 30.6 Å². The highest BCUT2D eigenvalue weighted by atomic mass is 35.5. The number of oxazole rings is 1. The average molecular weight is 591 g/mol. The van der Waals surface area contributed by atoms with Crippen LogP contribution >= 0.6 is 22.9 Å². The van der Waals surface area contributed by atoms with E-state index in [2.05, 4.69) is 9.88 Å². The van der Waals surface area contributed by atoms with Gasteiger partial charge >= 0.3 is 5.91 Å². The fraction of sp³-hybridized carbons (Fsp3) is 0.440. The van der Waals surface area contributed by atoms with Crippen LogP contribution in [0, 0.1) is 11.3 Å². The summed E-state index contributed by atoms with van der Waals surface area (Å²) in [5.41, 5.74) is 0.740. The molecule has 0 saturated carbocycles. The van der Waals surface area contributed by atoms with Crippen LogP contribution in [0.2, 0.25) is 5.02 Å². The summed E-state index contributed by atoms with van der Waals surface area (Å²) in [4.78, 5) is 35.7. The first-order chi connectivity index (χ1) is 18.6. The van der Waals surface area contributed by atoms with Gasteiger partial charge in [0.05, 0.1) is 24.3 Å². The third-order valence-corrected chi connectivity index (χ3v) is 10.7. The standard InChI is InChI=1S/C25H27ClN6O5S2/c1-29-7-5-19-20(15-29)37-24(28-19)25(34)32-10-9-31(14-18(32)13-22(33)30(2)8-6-27)39(35,36)23-11-16-3-4-17(26)12-21(16)38-23/h3-4,11-12,18H,5,7-10,13-15H2,1-2H3. The molecule has 1 fully saturated rings. The highest BCUT2D eigenvalue weighted by Gasteiger charge is 2.40. The van der Waals surface area contributed by atoms with Crippen LogP contribution in [0.4, 0.5) is 0 Å².